The Morgan fingerprint density at radius 1 is 1.27 bits per heavy atom. The number of aryl methyl sites for hydroxylation is 1. The maximum absolute atomic E-state index is 13.2. The molecule has 1 aliphatic carbocycles. The van der Waals surface area contributed by atoms with Crippen molar-refractivity contribution in [3.63, 3.8) is 0 Å². The zero-order chi connectivity index (χ0) is 24.3. The molecule has 1 unspecified atom stereocenters. The lowest BCUT2D eigenvalue weighted by Gasteiger charge is -2.40. The molecule has 180 valence electrons. The van der Waals surface area contributed by atoms with Crippen LogP contribution in [0.5, 0.6) is 0 Å². The van der Waals surface area contributed by atoms with E-state index in [1.165, 1.54) is 12.8 Å². The molecule has 1 amide bonds. The average molecular weight is 472 g/mol. The number of carbonyl (C=O) groups excluding carboxylic acids is 1. The number of rotatable bonds is 8. The SMILES string of the molecule is C=Cc1cc(C(=O)NCc2c(P)n(C)[nH]c2=O)c(C)c(N(CC)[C@H]2CC[C@H](N(C)C)CC2)c1. The van der Waals surface area contributed by atoms with Crippen molar-refractivity contribution in [2.45, 2.75) is 58.2 Å². The van der Waals surface area contributed by atoms with Crippen LogP contribution < -0.4 is 21.2 Å². The molecule has 0 saturated heterocycles. The number of nitrogens with one attached hydrogen (secondary N) is 2. The third-order valence-corrected chi connectivity index (χ3v) is 7.75. The molecule has 1 aliphatic rings. The standard InChI is InChI=1S/C25H38N5O2P/c1-7-17-13-20(23(31)26-15-21-24(32)27-29(6)25(21)33)16(3)22(14-17)30(8-2)19-11-9-18(10-12-19)28(4)5/h7,13-14,18-19H,1,8-12,15,33H2,2-6H3,(H,26,31)(H,27,32)/t18-,19-. The van der Waals surface area contributed by atoms with Crippen LogP contribution in [-0.2, 0) is 13.6 Å². The summed E-state index contributed by atoms with van der Waals surface area (Å²) in [5.74, 6) is -0.183. The Morgan fingerprint density at radius 2 is 1.91 bits per heavy atom. The molecule has 8 heteroatoms. The summed E-state index contributed by atoms with van der Waals surface area (Å²) in [5, 5.41) is 5.65. The fraction of sp³-hybridized carbons (Fsp3) is 0.520. The highest BCUT2D eigenvalue weighted by Gasteiger charge is 2.28. The zero-order valence-corrected chi connectivity index (χ0v) is 21.7. The van der Waals surface area contributed by atoms with E-state index in [9.17, 15) is 9.59 Å². The fourth-order valence-electron chi connectivity index (χ4n) is 4.92. The van der Waals surface area contributed by atoms with Crippen LogP contribution in [0.4, 0.5) is 5.69 Å². The van der Waals surface area contributed by atoms with Crippen molar-refractivity contribution in [3.05, 3.63) is 51.3 Å². The van der Waals surface area contributed by atoms with Crippen molar-refractivity contribution in [3.8, 4) is 0 Å². The number of anilines is 1. The van der Waals surface area contributed by atoms with Gasteiger partial charge in [0.15, 0.2) is 0 Å². The van der Waals surface area contributed by atoms with Gasteiger partial charge >= 0.3 is 0 Å². The maximum atomic E-state index is 13.2. The first-order valence-electron chi connectivity index (χ1n) is 11.7. The molecular weight excluding hydrogens is 433 g/mol. The topological polar surface area (TPSA) is 73.4 Å². The van der Waals surface area contributed by atoms with Crippen LogP contribution in [0.2, 0.25) is 0 Å². The number of nitrogens with zero attached hydrogens (tertiary/aromatic N) is 3. The van der Waals surface area contributed by atoms with Crippen molar-refractivity contribution in [2.24, 2.45) is 7.05 Å². The van der Waals surface area contributed by atoms with Crippen LogP contribution in [0, 0.1) is 6.92 Å². The number of H-pyrrole nitrogens is 1. The van der Waals surface area contributed by atoms with Crippen molar-refractivity contribution < 1.29 is 4.79 Å². The summed E-state index contributed by atoms with van der Waals surface area (Å²) in [6.45, 7) is 9.20. The lowest BCUT2D eigenvalue weighted by atomic mass is 9.88. The summed E-state index contributed by atoms with van der Waals surface area (Å²) in [4.78, 5) is 30.1. The van der Waals surface area contributed by atoms with Crippen LogP contribution >= 0.6 is 9.24 Å². The van der Waals surface area contributed by atoms with Crippen molar-refractivity contribution in [1.82, 2.24) is 20.0 Å². The Labute approximate surface area is 199 Å². The lowest BCUT2D eigenvalue weighted by molar-refractivity contribution is 0.0950. The second-order valence-electron chi connectivity index (χ2n) is 9.18. The first kappa shape index (κ1) is 25.3. The second-order valence-corrected chi connectivity index (χ2v) is 9.72. The molecule has 1 aromatic heterocycles. The summed E-state index contributed by atoms with van der Waals surface area (Å²) < 4.78 is 1.64. The minimum atomic E-state index is -0.189. The lowest BCUT2D eigenvalue weighted by Crippen LogP contribution is -2.42. The van der Waals surface area contributed by atoms with E-state index < -0.39 is 0 Å². The summed E-state index contributed by atoms with van der Waals surface area (Å²) in [6.07, 6.45) is 6.45. The molecule has 3 rings (SSSR count). The Hall–Kier alpha value is -2.37. The molecule has 1 saturated carbocycles. The molecule has 1 heterocycles. The van der Waals surface area contributed by atoms with E-state index in [-0.39, 0.29) is 18.0 Å². The summed E-state index contributed by atoms with van der Waals surface area (Å²) in [7, 11) is 8.64. The second kappa shape index (κ2) is 10.7. The third-order valence-electron chi connectivity index (χ3n) is 7.01. The van der Waals surface area contributed by atoms with Gasteiger partial charge in [0.05, 0.1) is 17.5 Å². The number of amides is 1. The highest BCUT2D eigenvalue weighted by atomic mass is 31.0. The summed E-state index contributed by atoms with van der Waals surface area (Å²) in [5.41, 5.74) is 4.70. The summed E-state index contributed by atoms with van der Waals surface area (Å²) >= 11 is 0. The Balaban J connectivity index is 1.86. The fourth-order valence-corrected chi connectivity index (χ4v) is 5.22. The smallest absolute Gasteiger partial charge is 0.269 e. The quantitative estimate of drug-likeness (QED) is 0.581. The Morgan fingerprint density at radius 3 is 2.42 bits per heavy atom. The van der Waals surface area contributed by atoms with Gasteiger partial charge in [-0.3, -0.25) is 19.4 Å². The third kappa shape index (κ3) is 5.42. The van der Waals surface area contributed by atoms with Gasteiger partial charge in [0.1, 0.15) is 0 Å². The van der Waals surface area contributed by atoms with Gasteiger partial charge in [0, 0.05) is 36.9 Å². The number of aromatic nitrogens is 2. The molecular formula is C25H38N5O2P. The van der Waals surface area contributed by atoms with E-state index >= 15 is 0 Å². The molecule has 1 fully saturated rings. The van der Waals surface area contributed by atoms with E-state index in [1.54, 1.807) is 17.8 Å². The number of benzene rings is 1. The number of carbonyl (C=O) groups is 1. The number of hydrogen-bond donors (Lipinski definition) is 2. The molecule has 7 nitrogen and oxygen atoms in total. The van der Waals surface area contributed by atoms with Crippen molar-refractivity contribution >= 4 is 32.3 Å². The van der Waals surface area contributed by atoms with Crippen LogP contribution in [-0.4, -0.2) is 53.3 Å². The van der Waals surface area contributed by atoms with Crippen molar-refractivity contribution in [1.29, 1.82) is 0 Å². The molecule has 2 aromatic rings. The van der Waals surface area contributed by atoms with E-state index in [2.05, 4.69) is 63.1 Å². The first-order chi connectivity index (χ1) is 15.7. The number of hydrogen-bond acceptors (Lipinski definition) is 4. The van der Waals surface area contributed by atoms with E-state index in [0.29, 0.717) is 23.2 Å². The van der Waals surface area contributed by atoms with Gasteiger partial charge in [-0.05, 0) is 76.9 Å². The van der Waals surface area contributed by atoms with Crippen molar-refractivity contribution in [2.75, 3.05) is 25.5 Å². The number of aromatic amines is 1. The largest absolute Gasteiger partial charge is 0.369 e. The maximum Gasteiger partial charge on any atom is 0.269 e. The average Bonchev–Trinajstić information content (AvgIpc) is 3.04. The van der Waals surface area contributed by atoms with Gasteiger partial charge in [-0.2, -0.15) is 0 Å². The molecule has 2 N–H and O–H groups in total. The van der Waals surface area contributed by atoms with Crippen LogP contribution in [0.3, 0.4) is 0 Å². The summed E-state index contributed by atoms with van der Waals surface area (Å²) in [6, 6.07) is 5.13. The van der Waals surface area contributed by atoms with Crippen LogP contribution in [0.1, 0.15) is 59.7 Å². The normalized spacial score (nSPS) is 18.4. The van der Waals surface area contributed by atoms with Crippen LogP contribution in [0.15, 0.2) is 23.5 Å². The highest BCUT2D eigenvalue weighted by Crippen LogP contribution is 2.33. The molecule has 0 bridgehead atoms. The Bertz CT molecular complexity index is 1060. The van der Waals surface area contributed by atoms with Gasteiger partial charge < -0.3 is 15.1 Å². The van der Waals surface area contributed by atoms with Gasteiger partial charge in [-0.1, -0.05) is 21.9 Å². The van der Waals surface area contributed by atoms with Gasteiger partial charge in [0.2, 0.25) is 0 Å². The van der Waals surface area contributed by atoms with Crippen LogP contribution in [0.25, 0.3) is 6.08 Å². The predicted molar refractivity (Wildman–Crippen MR) is 141 cm³/mol. The zero-order valence-electron chi connectivity index (χ0n) is 20.6. The molecule has 1 atom stereocenters. The molecule has 1 aromatic carbocycles. The highest BCUT2D eigenvalue weighted by molar-refractivity contribution is 7.27. The molecule has 33 heavy (non-hydrogen) atoms. The predicted octanol–water partition coefficient (Wildman–Crippen LogP) is 2.79. The molecule has 0 radical (unpaired) electrons. The first-order valence-corrected chi connectivity index (χ1v) is 12.3. The van der Waals surface area contributed by atoms with Gasteiger partial charge in [0.25, 0.3) is 11.5 Å². The van der Waals surface area contributed by atoms with E-state index in [4.69, 9.17) is 0 Å². The van der Waals surface area contributed by atoms with Gasteiger partial charge in [-0.25, -0.2) is 0 Å². The molecule has 0 aliphatic heterocycles. The minimum Gasteiger partial charge on any atom is -0.369 e. The van der Waals surface area contributed by atoms with E-state index in [1.807, 2.05) is 13.0 Å². The van der Waals surface area contributed by atoms with Gasteiger partial charge in [-0.15, -0.1) is 0 Å². The molecule has 0 spiro atoms. The minimum absolute atomic E-state index is 0.174. The van der Waals surface area contributed by atoms with E-state index in [0.717, 1.165) is 41.6 Å². The monoisotopic (exact) mass is 471 g/mol. The Kier molecular flexibility index (Phi) is 8.19.